The van der Waals surface area contributed by atoms with Crippen LogP contribution in [0.4, 0.5) is 0 Å². The van der Waals surface area contributed by atoms with Crippen LogP contribution >= 0.6 is 0 Å². The molecule has 0 radical (unpaired) electrons. The molecule has 0 bridgehead atoms. The quantitative estimate of drug-likeness (QED) is 0.924. The van der Waals surface area contributed by atoms with Crippen molar-refractivity contribution >= 4 is 0 Å². The van der Waals surface area contributed by atoms with Gasteiger partial charge in [-0.25, -0.2) is 0 Å². The van der Waals surface area contributed by atoms with Gasteiger partial charge in [-0.15, -0.1) is 0 Å². The maximum absolute atomic E-state index is 5.66. The van der Waals surface area contributed by atoms with E-state index in [2.05, 4.69) is 39.1 Å². The Kier molecular flexibility index (Phi) is 4.04. The molecule has 20 heavy (non-hydrogen) atoms. The molecule has 3 rings (SSSR count). The predicted molar refractivity (Wildman–Crippen MR) is 78.8 cm³/mol. The van der Waals surface area contributed by atoms with E-state index < -0.39 is 0 Å². The molecule has 1 aliphatic heterocycles. The van der Waals surface area contributed by atoms with Gasteiger partial charge in [0.2, 0.25) is 0 Å². The lowest BCUT2D eigenvalue weighted by Gasteiger charge is -2.24. The molecule has 0 saturated carbocycles. The third kappa shape index (κ3) is 2.86. The second-order valence-corrected chi connectivity index (χ2v) is 5.27. The highest BCUT2D eigenvalue weighted by atomic mass is 15.2. The molecular formula is C16H20N4. The molecule has 2 N–H and O–H groups in total. The van der Waals surface area contributed by atoms with Crippen molar-refractivity contribution in [3.05, 3.63) is 59.7 Å². The van der Waals surface area contributed by atoms with Gasteiger partial charge in [-0.05, 0) is 54.8 Å². The lowest BCUT2D eigenvalue weighted by molar-refractivity contribution is 0.248. The van der Waals surface area contributed by atoms with E-state index in [9.17, 15) is 0 Å². The molecule has 0 aliphatic carbocycles. The number of rotatable bonds is 4. The van der Waals surface area contributed by atoms with Gasteiger partial charge in [-0.3, -0.25) is 14.9 Å². The summed E-state index contributed by atoms with van der Waals surface area (Å²) in [5.41, 5.74) is 9.28. The summed E-state index contributed by atoms with van der Waals surface area (Å²) >= 11 is 0. The van der Waals surface area contributed by atoms with Crippen LogP contribution in [0.1, 0.15) is 35.7 Å². The average molecular weight is 268 g/mol. The number of nitrogens with zero attached hydrogens (tertiary/aromatic N) is 3. The summed E-state index contributed by atoms with van der Waals surface area (Å²) in [5, 5.41) is 0. The van der Waals surface area contributed by atoms with Gasteiger partial charge in [0.25, 0.3) is 0 Å². The minimum atomic E-state index is 0.502. The van der Waals surface area contributed by atoms with Crippen molar-refractivity contribution < 1.29 is 0 Å². The molecule has 1 saturated heterocycles. The van der Waals surface area contributed by atoms with Crippen LogP contribution in [0.25, 0.3) is 0 Å². The number of aromatic nitrogens is 2. The Morgan fingerprint density at radius 2 is 2.05 bits per heavy atom. The standard InChI is InChI=1S/C16H20N4/c17-11-15-10-13(3-8-19-15)12-20-9-1-2-16(20)14-4-6-18-7-5-14/h3-8,10,16H,1-2,9,11-12,17H2. The summed E-state index contributed by atoms with van der Waals surface area (Å²) in [6.45, 7) is 2.61. The van der Waals surface area contributed by atoms with E-state index in [0.29, 0.717) is 12.6 Å². The number of likely N-dealkylation sites (tertiary alicyclic amines) is 1. The molecule has 0 aromatic carbocycles. The van der Waals surface area contributed by atoms with E-state index >= 15 is 0 Å². The summed E-state index contributed by atoms with van der Waals surface area (Å²) < 4.78 is 0. The fourth-order valence-corrected chi connectivity index (χ4v) is 2.95. The SMILES string of the molecule is NCc1cc(CN2CCCC2c2ccncc2)ccn1. The molecule has 3 heterocycles. The van der Waals surface area contributed by atoms with Crippen molar-refractivity contribution in [3.8, 4) is 0 Å². The maximum Gasteiger partial charge on any atom is 0.0542 e. The molecule has 2 aromatic rings. The lowest BCUT2D eigenvalue weighted by Crippen LogP contribution is -2.23. The van der Waals surface area contributed by atoms with Crippen LogP contribution in [0.3, 0.4) is 0 Å². The highest BCUT2D eigenvalue weighted by Crippen LogP contribution is 2.32. The first kappa shape index (κ1) is 13.2. The zero-order valence-corrected chi connectivity index (χ0v) is 11.6. The monoisotopic (exact) mass is 268 g/mol. The summed E-state index contributed by atoms with van der Waals surface area (Å²) in [6, 6.07) is 8.96. The Morgan fingerprint density at radius 1 is 1.20 bits per heavy atom. The molecule has 4 nitrogen and oxygen atoms in total. The molecule has 4 heteroatoms. The van der Waals surface area contributed by atoms with Gasteiger partial charge in [0.1, 0.15) is 0 Å². The van der Waals surface area contributed by atoms with Gasteiger partial charge >= 0.3 is 0 Å². The van der Waals surface area contributed by atoms with E-state index in [4.69, 9.17) is 5.73 Å². The van der Waals surface area contributed by atoms with Crippen LogP contribution in [0.5, 0.6) is 0 Å². The van der Waals surface area contributed by atoms with Gasteiger partial charge in [-0.2, -0.15) is 0 Å². The smallest absolute Gasteiger partial charge is 0.0542 e. The number of nitrogens with two attached hydrogens (primary N) is 1. The first-order valence-electron chi connectivity index (χ1n) is 7.14. The normalized spacial score (nSPS) is 19.4. The molecule has 2 aromatic heterocycles. The highest BCUT2D eigenvalue weighted by molar-refractivity contribution is 5.20. The van der Waals surface area contributed by atoms with Gasteiger partial charge in [0.05, 0.1) is 5.69 Å². The van der Waals surface area contributed by atoms with E-state index in [0.717, 1.165) is 18.8 Å². The van der Waals surface area contributed by atoms with Crippen molar-refractivity contribution in [2.75, 3.05) is 6.54 Å². The van der Waals surface area contributed by atoms with E-state index in [-0.39, 0.29) is 0 Å². The van der Waals surface area contributed by atoms with E-state index in [1.165, 1.54) is 24.0 Å². The van der Waals surface area contributed by atoms with Crippen molar-refractivity contribution in [2.24, 2.45) is 5.73 Å². The fourth-order valence-electron chi connectivity index (χ4n) is 2.95. The molecule has 1 atom stereocenters. The fraction of sp³-hybridized carbons (Fsp3) is 0.375. The third-order valence-electron chi connectivity index (χ3n) is 3.93. The molecule has 1 fully saturated rings. The number of pyridine rings is 2. The van der Waals surface area contributed by atoms with Crippen molar-refractivity contribution in [3.63, 3.8) is 0 Å². The molecule has 0 spiro atoms. The summed E-state index contributed by atoms with van der Waals surface area (Å²) in [4.78, 5) is 10.9. The predicted octanol–water partition coefficient (Wildman–Crippen LogP) is 2.27. The minimum absolute atomic E-state index is 0.502. The lowest BCUT2D eigenvalue weighted by atomic mass is 10.1. The second-order valence-electron chi connectivity index (χ2n) is 5.27. The Balaban J connectivity index is 1.76. The molecule has 104 valence electrons. The van der Waals surface area contributed by atoms with Crippen LogP contribution < -0.4 is 5.73 Å². The Labute approximate surface area is 119 Å². The van der Waals surface area contributed by atoms with E-state index in [1.807, 2.05) is 18.6 Å². The molecular weight excluding hydrogens is 248 g/mol. The first-order chi connectivity index (χ1) is 9.86. The van der Waals surface area contributed by atoms with Crippen molar-refractivity contribution in [2.45, 2.75) is 32.0 Å². The van der Waals surface area contributed by atoms with Crippen molar-refractivity contribution in [1.29, 1.82) is 0 Å². The average Bonchev–Trinajstić information content (AvgIpc) is 2.96. The van der Waals surface area contributed by atoms with Gasteiger partial charge in [-0.1, -0.05) is 0 Å². The Morgan fingerprint density at radius 3 is 2.85 bits per heavy atom. The van der Waals surface area contributed by atoms with Crippen LogP contribution in [-0.2, 0) is 13.1 Å². The molecule has 1 aliphatic rings. The van der Waals surface area contributed by atoms with Gasteiger partial charge in [0, 0.05) is 37.7 Å². The third-order valence-corrected chi connectivity index (χ3v) is 3.93. The summed E-state index contributed by atoms with van der Waals surface area (Å²) in [6.07, 6.45) is 8.09. The van der Waals surface area contributed by atoms with E-state index in [1.54, 1.807) is 0 Å². The van der Waals surface area contributed by atoms with Gasteiger partial charge < -0.3 is 5.73 Å². The molecule has 1 unspecified atom stereocenters. The van der Waals surface area contributed by atoms with Gasteiger partial charge in [0.15, 0.2) is 0 Å². The summed E-state index contributed by atoms with van der Waals surface area (Å²) in [7, 11) is 0. The van der Waals surface area contributed by atoms with Crippen LogP contribution in [0.15, 0.2) is 42.9 Å². The van der Waals surface area contributed by atoms with Crippen LogP contribution in [-0.4, -0.2) is 21.4 Å². The highest BCUT2D eigenvalue weighted by Gasteiger charge is 2.25. The summed E-state index contributed by atoms with van der Waals surface area (Å²) in [5.74, 6) is 0. The number of hydrogen-bond acceptors (Lipinski definition) is 4. The van der Waals surface area contributed by atoms with Crippen LogP contribution in [0.2, 0.25) is 0 Å². The Hall–Kier alpha value is -1.78. The second kappa shape index (κ2) is 6.11. The zero-order chi connectivity index (χ0) is 13.8. The Bertz CT molecular complexity index is 555. The zero-order valence-electron chi connectivity index (χ0n) is 11.6. The topological polar surface area (TPSA) is 55.0 Å². The maximum atomic E-state index is 5.66. The van der Waals surface area contributed by atoms with Crippen molar-refractivity contribution in [1.82, 2.24) is 14.9 Å². The largest absolute Gasteiger partial charge is 0.325 e. The first-order valence-corrected chi connectivity index (χ1v) is 7.14. The number of hydrogen-bond donors (Lipinski definition) is 1. The minimum Gasteiger partial charge on any atom is -0.325 e. The van der Waals surface area contributed by atoms with Crippen LogP contribution in [0, 0.1) is 0 Å². The molecule has 0 amide bonds.